The molecule has 4 heteroatoms. The van der Waals surface area contributed by atoms with E-state index < -0.39 is 34.2 Å². The third-order valence-electron chi connectivity index (χ3n) is 2.28. The molecule has 0 bridgehead atoms. The van der Waals surface area contributed by atoms with Gasteiger partial charge in [-0.1, -0.05) is 20.8 Å². The predicted molar refractivity (Wildman–Crippen MR) is 54.2 cm³/mol. The first-order valence-corrected chi connectivity index (χ1v) is 4.96. The zero-order valence-electron chi connectivity index (χ0n) is 9.72. The minimum absolute atomic E-state index is 0.0166. The van der Waals surface area contributed by atoms with Crippen LogP contribution in [0.4, 0.5) is 17.6 Å². The van der Waals surface area contributed by atoms with Gasteiger partial charge in [0.15, 0.2) is 17.5 Å². The van der Waals surface area contributed by atoms with Crippen molar-refractivity contribution in [2.24, 2.45) is 5.41 Å². The molecule has 0 amide bonds. The van der Waals surface area contributed by atoms with Crippen LogP contribution in [0.1, 0.15) is 31.9 Å². The van der Waals surface area contributed by atoms with Crippen molar-refractivity contribution in [3.8, 4) is 0 Å². The Morgan fingerprint density at radius 1 is 0.812 bits per heavy atom. The molecule has 0 fully saturated rings. The maximum Gasteiger partial charge on any atom is 0.195 e. The molecule has 0 radical (unpaired) electrons. The average Bonchev–Trinajstić information content (AvgIpc) is 2.17. The molecule has 0 N–H and O–H groups in total. The molecule has 1 rings (SSSR count). The Hall–Kier alpha value is -1.06. The van der Waals surface area contributed by atoms with Crippen molar-refractivity contribution in [1.29, 1.82) is 0 Å². The van der Waals surface area contributed by atoms with Gasteiger partial charge in [-0.15, -0.1) is 0 Å². The molecule has 0 aliphatic heterocycles. The minimum Gasteiger partial charge on any atom is -0.206 e. The normalized spacial score (nSPS) is 12.0. The largest absolute Gasteiger partial charge is 0.206 e. The zero-order chi connectivity index (χ0) is 12.7. The molecule has 16 heavy (non-hydrogen) atoms. The summed E-state index contributed by atoms with van der Waals surface area (Å²) in [7, 11) is 0. The highest BCUT2D eigenvalue weighted by Gasteiger charge is 2.25. The molecule has 0 unspecified atom stereocenters. The summed E-state index contributed by atoms with van der Waals surface area (Å²) in [6, 6.07) is 0. The number of rotatable bonds is 1. The maximum absolute atomic E-state index is 13.6. The summed E-state index contributed by atoms with van der Waals surface area (Å²) < 4.78 is 53.1. The van der Waals surface area contributed by atoms with Crippen molar-refractivity contribution in [2.75, 3.05) is 0 Å². The van der Waals surface area contributed by atoms with Crippen LogP contribution in [0, 0.1) is 35.6 Å². The van der Waals surface area contributed by atoms with Gasteiger partial charge in [-0.25, -0.2) is 17.6 Å². The summed E-state index contributed by atoms with van der Waals surface area (Å²) in [5.74, 6) is -5.47. The number of halogens is 4. The van der Waals surface area contributed by atoms with Crippen molar-refractivity contribution in [3.63, 3.8) is 0 Å². The summed E-state index contributed by atoms with van der Waals surface area (Å²) >= 11 is 0. The molecular weight excluding hydrogens is 220 g/mol. The van der Waals surface area contributed by atoms with Gasteiger partial charge in [-0.2, -0.15) is 0 Å². The Morgan fingerprint density at radius 3 is 1.75 bits per heavy atom. The molecule has 0 aliphatic rings. The highest BCUT2D eigenvalue weighted by atomic mass is 19.2. The fourth-order valence-corrected chi connectivity index (χ4v) is 1.50. The van der Waals surface area contributed by atoms with E-state index in [2.05, 4.69) is 0 Å². The van der Waals surface area contributed by atoms with E-state index in [0.29, 0.717) is 0 Å². The number of hydrogen-bond donors (Lipinski definition) is 0. The molecule has 90 valence electrons. The summed E-state index contributed by atoms with van der Waals surface area (Å²) in [6.45, 7) is 6.40. The van der Waals surface area contributed by atoms with Gasteiger partial charge >= 0.3 is 0 Å². The Labute approximate surface area is 92.3 Å². The predicted octanol–water partition coefficient (Wildman–Crippen LogP) is 4.14. The second kappa shape index (κ2) is 4.07. The smallest absolute Gasteiger partial charge is 0.195 e. The van der Waals surface area contributed by atoms with E-state index in [1.807, 2.05) is 0 Å². The molecule has 0 spiro atoms. The Balaban J connectivity index is 3.40. The quantitative estimate of drug-likeness (QED) is 0.389. The SMILES string of the molecule is Cc1c(F)c(F)c(F)c(CC(C)(C)C)c1F. The summed E-state index contributed by atoms with van der Waals surface area (Å²) in [5.41, 5.74) is -1.26. The molecule has 1 aromatic rings. The zero-order valence-corrected chi connectivity index (χ0v) is 9.72. The van der Waals surface area contributed by atoms with Crippen molar-refractivity contribution in [2.45, 2.75) is 34.1 Å². The summed E-state index contributed by atoms with van der Waals surface area (Å²) in [5, 5.41) is 0. The third-order valence-corrected chi connectivity index (χ3v) is 2.28. The van der Waals surface area contributed by atoms with Crippen LogP contribution in [0.15, 0.2) is 0 Å². The van der Waals surface area contributed by atoms with Crippen LogP contribution in [0.25, 0.3) is 0 Å². The highest BCUT2D eigenvalue weighted by Crippen LogP contribution is 2.29. The van der Waals surface area contributed by atoms with E-state index in [1.54, 1.807) is 20.8 Å². The number of benzene rings is 1. The van der Waals surface area contributed by atoms with Gasteiger partial charge in [0.25, 0.3) is 0 Å². The maximum atomic E-state index is 13.6. The summed E-state index contributed by atoms with van der Waals surface area (Å²) in [6.07, 6.45) is 0.0166. The second-order valence-corrected chi connectivity index (χ2v) is 5.10. The molecule has 0 aliphatic carbocycles. The van der Waals surface area contributed by atoms with Crippen molar-refractivity contribution >= 4 is 0 Å². The molecule has 1 aromatic carbocycles. The first kappa shape index (κ1) is 13.0. The van der Waals surface area contributed by atoms with Gasteiger partial charge in [0.05, 0.1) is 0 Å². The van der Waals surface area contributed by atoms with Crippen LogP contribution in [0.3, 0.4) is 0 Å². The van der Waals surface area contributed by atoms with Crippen molar-refractivity contribution in [1.82, 2.24) is 0 Å². The Bertz CT molecular complexity index is 387. The van der Waals surface area contributed by atoms with Gasteiger partial charge in [-0.05, 0) is 18.8 Å². The van der Waals surface area contributed by atoms with Crippen molar-refractivity contribution in [3.05, 3.63) is 34.4 Å². The van der Waals surface area contributed by atoms with Gasteiger partial charge in [0.2, 0.25) is 0 Å². The Kier molecular flexibility index (Phi) is 3.31. The fourth-order valence-electron chi connectivity index (χ4n) is 1.50. The monoisotopic (exact) mass is 234 g/mol. The van der Waals surface area contributed by atoms with Gasteiger partial charge in [0.1, 0.15) is 5.82 Å². The van der Waals surface area contributed by atoms with Gasteiger partial charge in [0, 0.05) is 11.1 Å². The van der Waals surface area contributed by atoms with E-state index in [9.17, 15) is 17.6 Å². The lowest BCUT2D eigenvalue weighted by Crippen LogP contribution is -2.15. The lowest BCUT2D eigenvalue weighted by atomic mass is 9.87. The Morgan fingerprint density at radius 2 is 1.31 bits per heavy atom. The molecule has 0 nitrogen and oxygen atoms in total. The lowest BCUT2D eigenvalue weighted by molar-refractivity contribution is 0.369. The first-order chi connectivity index (χ1) is 7.15. The van der Waals surface area contributed by atoms with Gasteiger partial charge < -0.3 is 0 Å². The average molecular weight is 234 g/mol. The molecule has 0 saturated heterocycles. The van der Waals surface area contributed by atoms with Crippen LogP contribution >= 0.6 is 0 Å². The van der Waals surface area contributed by atoms with E-state index in [1.165, 1.54) is 0 Å². The number of hydrogen-bond acceptors (Lipinski definition) is 0. The second-order valence-electron chi connectivity index (χ2n) is 5.10. The topological polar surface area (TPSA) is 0 Å². The van der Waals surface area contributed by atoms with Crippen LogP contribution < -0.4 is 0 Å². The standard InChI is InChI=1S/C12H14F4/c1-6-8(13)7(5-12(2,3)4)10(15)11(16)9(6)14/h5H2,1-4H3. The van der Waals surface area contributed by atoms with Crippen LogP contribution in [0.5, 0.6) is 0 Å². The van der Waals surface area contributed by atoms with Crippen LogP contribution in [-0.4, -0.2) is 0 Å². The highest BCUT2D eigenvalue weighted by molar-refractivity contribution is 5.30. The molecule has 0 saturated carbocycles. The van der Waals surface area contributed by atoms with Crippen LogP contribution in [-0.2, 0) is 6.42 Å². The van der Waals surface area contributed by atoms with E-state index in [-0.39, 0.29) is 12.0 Å². The summed E-state index contributed by atoms with van der Waals surface area (Å²) in [4.78, 5) is 0. The van der Waals surface area contributed by atoms with E-state index in [0.717, 1.165) is 6.92 Å². The molecule has 0 heterocycles. The molecular formula is C12H14F4. The fraction of sp³-hybridized carbons (Fsp3) is 0.500. The first-order valence-electron chi connectivity index (χ1n) is 4.96. The molecule has 0 aromatic heterocycles. The van der Waals surface area contributed by atoms with Crippen molar-refractivity contribution < 1.29 is 17.6 Å². The molecule has 0 atom stereocenters. The van der Waals surface area contributed by atoms with E-state index in [4.69, 9.17) is 0 Å². The van der Waals surface area contributed by atoms with Gasteiger partial charge in [-0.3, -0.25) is 0 Å². The van der Waals surface area contributed by atoms with E-state index >= 15 is 0 Å². The minimum atomic E-state index is -1.60. The third kappa shape index (κ3) is 2.36. The van der Waals surface area contributed by atoms with Crippen LogP contribution in [0.2, 0.25) is 0 Å². The lowest BCUT2D eigenvalue weighted by Gasteiger charge is -2.20.